The summed E-state index contributed by atoms with van der Waals surface area (Å²) >= 11 is 0. The quantitative estimate of drug-likeness (QED) is 0.781. The molecule has 0 spiro atoms. The number of nitrogens with zero attached hydrogens (tertiary/aromatic N) is 2. The summed E-state index contributed by atoms with van der Waals surface area (Å²) < 4.78 is 10.6. The van der Waals surface area contributed by atoms with E-state index >= 15 is 0 Å². The van der Waals surface area contributed by atoms with E-state index in [4.69, 9.17) is 9.47 Å². The molecule has 1 aliphatic rings. The van der Waals surface area contributed by atoms with Gasteiger partial charge in [-0.3, -0.25) is 0 Å². The zero-order chi connectivity index (χ0) is 11.5. The van der Waals surface area contributed by atoms with Crippen LogP contribution in [0.2, 0.25) is 0 Å². The molecule has 0 N–H and O–H groups in total. The Bertz CT molecular complexity index is 402. The first-order valence-corrected chi connectivity index (χ1v) is 5.41. The van der Waals surface area contributed by atoms with Crippen LogP contribution >= 0.6 is 0 Å². The van der Waals surface area contributed by atoms with Crippen molar-refractivity contribution in [3.63, 3.8) is 0 Å². The van der Waals surface area contributed by atoms with E-state index in [1.165, 1.54) is 0 Å². The Morgan fingerprint density at radius 1 is 1.50 bits per heavy atom. The van der Waals surface area contributed by atoms with Gasteiger partial charge in [0, 0.05) is 17.8 Å². The molecule has 0 saturated heterocycles. The zero-order valence-corrected chi connectivity index (χ0v) is 9.80. The molecule has 1 atom stereocenters. The van der Waals surface area contributed by atoms with Gasteiger partial charge in [-0.25, -0.2) is 9.98 Å². The highest BCUT2D eigenvalue weighted by molar-refractivity contribution is 5.95. The van der Waals surface area contributed by atoms with Crippen LogP contribution < -0.4 is 4.74 Å². The van der Waals surface area contributed by atoms with E-state index in [1.807, 2.05) is 12.1 Å². The maximum atomic E-state index is 5.58. The predicted octanol–water partition coefficient (Wildman–Crippen LogP) is 1.89. The van der Waals surface area contributed by atoms with E-state index in [2.05, 4.69) is 23.8 Å². The first kappa shape index (κ1) is 10.9. The summed E-state index contributed by atoms with van der Waals surface area (Å²) in [6.45, 7) is 4.96. The fraction of sp³-hybridized carbons (Fsp3) is 0.500. The Labute approximate surface area is 95.3 Å². The van der Waals surface area contributed by atoms with Gasteiger partial charge in [-0.15, -0.1) is 0 Å². The highest BCUT2D eigenvalue weighted by Gasteiger charge is 2.22. The molecule has 1 aromatic rings. The van der Waals surface area contributed by atoms with Crippen LogP contribution in [0.3, 0.4) is 0 Å². The Kier molecular flexibility index (Phi) is 3.08. The second-order valence-corrected chi connectivity index (χ2v) is 4.14. The fourth-order valence-corrected chi connectivity index (χ4v) is 1.54. The zero-order valence-electron chi connectivity index (χ0n) is 9.80. The molecule has 0 unspecified atom stereocenters. The van der Waals surface area contributed by atoms with Crippen molar-refractivity contribution in [3.8, 4) is 5.88 Å². The summed E-state index contributed by atoms with van der Waals surface area (Å²) in [5.74, 6) is 1.78. The number of ether oxygens (including phenoxy) is 2. The standard InChI is InChI=1S/C12H16N2O2/c1-8(2)10-7-16-12(14-10)9-4-5-13-11(6-9)15-3/h4-6,8,10H,7H2,1-3H3/t10-/m1/s1. The van der Waals surface area contributed by atoms with Crippen molar-refractivity contribution >= 4 is 5.90 Å². The molecule has 0 aliphatic carbocycles. The topological polar surface area (TPSA) is 43.7 Å². The average Bonchev–Trinajstić information content (AvgIpc) is 2.78. The summed E-state index contributed by atoms with van der Waals surface area (Å²) in [6.07, 6.45) is 1.70. The molecule has 0 amide bonds. The van der Waals surface area contributed by atoms with Crippen molar-refractivity contribution < 1.29 is 9.47 Å². The molecular weight excluding hydrogens is 204 g/mol. The van der Waals surface area contributed by atoms with E-state index < -0.39 is 0 Å². The lowest BCUT2D eigenvalue weighted by Crippen LogP contribution is -2.13. The highest BCUT2D eigenvalue weighted by Crippen LogP contribution is 2.19. The van der Waals surface area contributed by atoms with Crippen LogP contribution in [0, 0.1) is 5.92 Å². The van der Waals surface area contributed by atoms with Crippen molar-refractivity contribution in [1.82, 2.24) is 4.98 Å². The molecule has 1 aromatic heterocycles. The SMILES string of the molecule is COc1cc(C2=N[C@@H](C(C)C)CO2)ccn1. The molecule has 0 saturated carbocycles. The number of hydrogen-bond donors (Lipinski definition) is 0. The van der Waals surface area contributed by atoms with Gasteiger partial charge in [-0.1, -0.05) is 13.8 Å². The number of aliphatic imine (C=N–C) groups is 1. The third-order valence-electron chi connectivity index (χ3n) is 2.63. The fourth-order valence-electron chi connectivity index (χ4n) is 1.54. The average molecular weight is 220 g/mol. The Morgan fingerprint density at radius 3 is 2.94 bits per heavy atom. The monoisotopic (exact) mass is 220 g/mol. The Balaban J connectivity index is 2.21. The number of hydrogen-bond acceptors (Lipinski definition) is 4. The van der Waals surface area contributed by atoms with Crippen LogP contribution in [0.1, 0.15) is 19.4 Å². The Hall–Kier alpha value is -1.58. The molecule has 4 heteroatoms. The van der Waals surface area contributed by atoms with Crippen molar-refractivity contribution in [2.24, 2.45) is 10.9 Å². The number of rotatable bonds is 3. The van der Waals surface area contributed by atoms with Gasteiger partial charge in [0.1, 0.15) is 6.61 Å². The molecule has 4 nitrogen and oxygen atoms in total. The number of pyridine rings is 1. The lowest BCUT2D eigenvalue weighted by molar-refractivity contribution is 0.291. The largest absolute Gasteiger partial charge is 0.481 e. The van der Waals surface area contributed by atoms with Gasteiger partial charge < -0.3 is 9.47 Å². The molecule has 0 fully saturated rings. The van der Waals surface area contributed by atoms with Crippen LogP contribution in [0.4, 0.5) is 0 Å². The Morgan fingerprint density at radius 2 is 2.31 bits per heavy atom. The molecule has 0 aromatic carbocycles. The van der Waals surface area contributed by atoms with Gasteiger partial charge in [-0.05, 0) is 12.0 Å². The van der Waals surface area contributed by atoms with E-state index in [1.54, 1.807) is 13.3 Å². The maximum Gasteiger partial charge on any atom is 0.216 e. The van der Waals surface area contributed by atoms with Crippen molar-refractivity contribution in [2.45, 2.75) is 19.9 Å². The van der Waals surface area contributed by atoms with E-state index in [0.29, 0.717) is 24.3 Å². The van der Waals surface area contributed by atoms with E-state index in [-0.39, 0.29) is 6.04 Å². The summed E-state index contributed by atoms with van der Waals surface area (Å²) in [4.78, 5) is 8.59. The lowest BCUT2D eigenvalue weighted by atomic mass is 10.1. The molecule has 16 heavy (non-hydrogen) atoms. The van der Waals surface area contributed by atoms with Crippen LogP contribution in [-0.4, -0.2) is 30.6 Å². The second-order valence-electron chi connectivity index (χ2n) is 4.14. The molecule has 0 radical (unpaired) electrons. The lowest BCUT2D eigenvalue weighted by Gasteiger charge is -2.06. The summed E-state index contributed by atoms with van der Waals surface area (Å²) in [7, 11) is 1.60. The highest BCUT2D eigenvalue weighted by atomic mass is 16.5. The van der Waals surface area contributed by atoms with Crippen molar-refractivity contribution in [1.29, 1.82) is 0 Å². The van der Waals surface area contributed by atoms with Gasteiger partial charge in [0.2, 0.25) is 11.8 Å². The van der Waals surface area contributed by atoms with Gasteiger partial charge in [0.15, 0.2) is 0 Å². The van der Waals surface area contributed by atoms with Crippen molar-refractivity contribution in [2.75, 3.05) is 13.7 Å². The minimum Gasteiger partial charge on any atom is -0.481 e. The van der Waals surface area contributed by atoms with Crippen LogP contribution in [0.5, 0.6) is 5.88 Å². The smallest absolute Gasteiger partial charge is 0.216 e. The van der Waals surface area contributed by atoms with Gasteiger partial charge in [0.05, 0.1) is 13.2 Å². The van der Waals surface area contributed by atoms with Crippen LogP contribution in [0.25, 0.3) is 0 Å². The normalized spacial score (nSPS) is 19.5. The van der Waals surface area contributed by atoms with Crippen molar-refractivity contribution in [3.05, 3.63) is 23.9 Å². The van der Waals surface area contributed by atoms with Crippen LogP contribution in [0.15, 0.2) is 23.3 Å². The molecular formula is C12H16N2O2. The third-order valence-corrected chi connectivity index (χ3v) is 2.63. The summed E-state index contributed by atoms with van der Waals surface area (Å²) in [6, 6.07) is 3.97. The predicted molar refractivity (Wildman–Crippen MR) is 61.9 cm³/mol. The number of aromatic nitrogens is 1. The third kappa shape index (κ3) is 2.15. The minimum atomic E-state index is 0.258. The van der Waals surface area contributed by atoms with E-state index in [0.717, 1.165) is 5.56 Å². The second kappa shape index (κ2) is 4.51. The summed E-state index contributed by atoms with van der Waals surface area (Å²) in [5.41, 5.74) is 0.926. The first-order chi connectivity index (χ1) is 7.70. The maximum absolute atomic E-state index is 5.58. The van der Waals surface area contributed by atoms with Crippen LogP contribution in [-0.2, 0) is 4.74 Å². The van der Waals surface area contributed by atoms with Gasteiger partial charge in [-0.2, -0.15) is 0 Å². The molecule has 1 aliphatic heterocycles. The summed E-state index contributed by atoms with van der Waals surface area (Å²) in [5, 5.41) is 0. The van der Waals surface area contributed by atoms with Gasteiger partial charge in [0.25, 0.3) is 0 Å². The molecule has 86 valence electrons. The number of methoxy groups -OCH3 is 1. The molecule has 2 heterocycles. The van der Waals surface area contributed by atoms with Gasteiger partial charge >= 0.3 is 0 Å². The first-order valence-electron chi connectivity index (χ1n) is 5.41. The minimum absolute atomic E-state index is 0.258. The molecule has 2 rings (SSSR count). The molecule has 0 bridgehead atoms. The van der Waals surface area contributed by atoms with E-state index in [9.17, 15) is 0 Å².